The third-order valence-electron chi connectivity index (χ3n) is 1.95. The molecule has 0 heterocycles. The molecule has 1 N–H and O–H groups in total. The van der Waals surface area contributed by atoms with Gasteiger partial charge in [-0.2, -0.15) is 18.4 Å². The third-order valence-corrected chi connectivity index (χ3v) is 2.46. The van der Waals surface area contributed by atoms with Crippen molar-refractivity contribution in [3.05, 3.63) is 28.8 Å². The fourth-order valence-electron chi connectivity index (χ4n) is 1.27. The highest BCUT2D eigenvalue weighted by molar-refractivity contribution is 9.09. The van der Waals surface area contributed by atoms with Crippen LogP contribution in [0.5, 0.6) is 5.75 Å². The average Bonchev–Trinajstić information content (AvgIpc) is 2.25. The lowest BCUT2D eigenvalue weighted by molar-refractivity contribution is -0.138. The number of nitrogens with zero attached hydrogens (tertiary/aromatic N) is 1. The molecule has 1 rings (SSSR count). The number of carbonyl (C=O) groups excluding carboxylic acids is 1. The molecule has 0 spiro atoms. The Morgan fingerprint density at radius 3 is 2.47 bits per heavy atom. The summed E-state index contributed by atoms with van der Waals surface area (Å²) in [7, 11) is 0. The standard InChI is InChI=1S/C10H5BrF3NO2/c11-3-8(17)9-6(10(12,13)14)1-5(4-15)2-7(9)16/h1-2,16H,3H2. The van der Waals surface area contributed by atoms with Gasteiger partial charge in [-0.15, -0.1) is 0 Å². The predicted octanol–water partition coefficient (Wildman–Crippen LogP) is 2.86. The van der Waals surface area contributed by atoms with E-state index in [1.807, 2.05) is 0 Å². The topological polar surface area (TPSA) is 61.1 Å². The summed E-state index contributed by atoms with van der Waals surface area (Å²) in [6.07, 6.45) is -4.81. The van der Waals surface area contributed by atoms with E-state index in [0.29, 0.717) is 6.07 Å². The van der Waals surface area contributed by atoms with Crippen molar-refractivity contribution in [2.75, 3.05) is 5.33 Å². The molecule has 1 aromatic rings. The molecular weight excluding hydrogens is 303 g/mol. The zero-order valence-corrected chi connectivity index (χ0v) is 9.76. The van der Waals surface area contributed by atoms with E-state index >= 15 is 0 Å². The summed E-state index contributed by atoms with van der Waals surface area (Å²) in [4.78, 5) is 11.3. The molecule has 1 aromatic carbocycles. The quantitative estimate of drug-likeness (QED) is 0.675. The summed E-state index contributed by atoms with van der Waals surface area (Å²) in [5, 5.41) is 17.5. The lowest BCUT2D eigenvalue weighted by Gasteiger charge is -2.13. The van der Waals surface area contributed by atoms with Crippen LogP contribution in [-0.4, -0.2) is 16.2 Å². The van der Waals surface area contributed by atoms with Crippen LogP contribution < -0.4 is 0 Å². The fraction of sp³-hybridized carbons (Fsp3) is 0.200. The lowest BCUT2D eigenvalue weighted by atomic mass is 10.00. The van der Waals surface area contributed by atoms with Gasteiger partial charge in [-0.1, -0.05) is 15.9 Å². The highest BCUT2D eigenvalue weighted by atomic mass is 79.9. The number of hydrogen-bond donors (Lipinski definition) is 1. The van der Waals surface area contributed by atoms with E-state index in [9.17, 15) is 23.1 Å². The first kappa shape index (κ1) is 13.5. The van der Waals surface area contributed by atoms with Crippen molar-refractivity contribution in [1.29, 1.82) is 5.26 Å². The van der Waals surface area contributed by atoms with Crippen molar-refractivity contribution in [3.8, 4) is 11.8 Å². The molecule has 90 valence electrons. The molecule has 0 aliphatic carbocycles. The molecule has 0 bridgehead atoms. The van der Waals surface area contributed by atoms with Gasteiger partial charge in [-0.3, -0.25) is 4.79 Å². The lowest BCUT2D eigenvalue weighted by Crippen LogP contribution is -2.14. The molecule has 0 unspecified atom stereocenters. The average molecular weight is 308 g/mol. The molecule has 17 heavy (non-hydrogen) atoms. The number of halogens is 4. The SMILES string of the molecule is N#Cc1cc(O)c(C(=O)CBr)c(C(F)(F)F)c1. The molecule has 0 radical (unpaired) electrons. The van der Waals surface area contributed by atoms with Gasteiger partial charge < -0.3 is 5.11 Å². The van der Waals surface area contributed by atoms with Crippen molar-refractivity contribution in [1.82, 2.24) is 0 Å². The van der Waals surface area contributed by atoms with Gasteiger partial charge in [0.25, 0.3) is 0 Å². The number of alkyl halides is 4. The van der Waals surface area contributed by atoms with E-state index in [2.05, 4.69) is 15.9 Å². The number of nitriles is 1. The Kier molecular flexibility index (Phi) is 3.78. The summed E-state index contributed by atoms with van der Waals surface area (Å²) in [6, 6.07) is 2.84. The minimum Gasteiger partial charge on any atom is -0.507 e. The van der Waals surface area contributed by atoms with Gasteiger partial charge in [-0.25, -0.2) is 0 Å². The van der Waals surface area contributed by atoms with Crippen molar-refractivity contribution in [2.24, 2.45) is 0 Å². The Labute approximate surface area is 103 Å². The minimum atomic E-state index is -4.81. The second kappa shape index (κ2) is 4.75. The number of carbonyl (C=O) groups is 1. The number of hydrogen-bond acceptors (Lipinski definition) is 3. The van der Waals surface area contributed by atoms with Gasteiger partial charge in [0.1, 0.15) is 5.75 Å². The molecule has 0 aliphatic heterocycles. The Morgan fingerprint density at radius 2 is 2.06 bits per heavy atom. The van der Waals surface area contributed by atoms with Gasteiger partial charge in [-0.05, 0) is 12.1 Å². The molecule has 3 nitrogen and oxygen atoms in total. The normalized spacial score (nSPS) is 11.0. The Morgan fingerprint density at radius 1 is 1.47 bits per heavy atom. The van der Waals surface area contributed by atoms with E-state index in [1.54, 1.807) is 0 Å². The van der Waals surface area contributed by atoms with Crippen LogP contribution >= 0.6 is 15.9 Å². The van der Waals surface area contributed by atoms with Crippen LogP contribution in [0.3, 0.4) is 0 Å². The van der Waals surface area contributed by atoms with Gasteiger partial charge in [0.15, 0.2) is 5.78 Å². The maximum absolute atomic E-state index is 12.7. The van der Waals surface area contributed by atoms with Gasteiger partial charge in [0.2, 0.25) is 0 Å². The summed E-state index contributed by atoms with van der Waals surface area (Å²) >= 11 is 2.73. The first-order chi connectivity index (χ1) is 7.81. The number of rotatable bonds is 2. The second-order valence-corrected chi connectivity index (χ2v) is 3.65. The molecule has 0 aromatic heterocycles. The Balaban J connectivity index is 3.58. The molecule has 0 amide bonds. The molecule has 0 aliphatic rings. The summed E-state index contributed by atoms with van der Waals surface area (Å²) in [5.74, 6) is -1.75. The number of benzene rings is 1. The first-order valence-electron chi connectivity index (χ1n) is 4.24. The molecule has 0 atom stereocenters. The smallest absolute Gasteiger partial charge is 0.417 e. The van der Waals surface area contributed by atoms with Crippen LogP contribution in [-0.2, 0) is 6.18 Å². The number of ketones is 1. The van der Waals surface area contributed by atoms with E-state index in [0.717, 1.165) is 6.07 Å². The van der Waals surface area contributed by atoms with Crippen LogP contribution in [0.4, 0.5) is 13.2 Å². The van der Waals surface area contributed by atoms with Crippen molar-refractivity contribution in [3.63, 3.8) is 0 Å². The van der Waals surface area contributed by atoms with Crippen molar-refractivity contribution in [2.45, 2.75) is 6.18 Å². The van der Waals surface area contributed by atoms with Gasteiger partial charge in [0, 0.05) is 0 Å². The number of phenols is 1. The zero-order valence-electron chi connectivity index (χ0n) is 8.18. The molecule has 7 heteroatoms. The van der Waals surface area contributed by atoms with Crippen LogP contribution in [0.2, 0.25) is 0 Å². The van der Waals surface area contributed by atoms with Crippen LogP contribution in [0, 0.1) is 11.3 Å². The molecule has 0 saturated heterocycles. The molecule has 0 saturated carbocycles. The van der Waals surface area contributed by atoms with E-state index in [1.165, 1.54) is 6.07 Å². The second-order valence-electron chi connectivity index (χ2n) is 3.08. The maximum atomic E-state index is 12.7. The van der Waals surface area contributed by atoms with E-state index < -0.39 is 28.8 Å². The highest BCUT2D eigenvalue weighted by Gasteiger charge is 2.37. The Hall–Kier alpha value is -1.55. The maximum Gasteiger partial charge on any atom is 0.417 e. The summed E-state index contributed by atoms with van der Waals surface area (Å²) < 4.78 is 38.0. The zero-order chi connectivity index (χ0) is 13.2. The monoisotopic (exact) mass is 307 g/mol. The predicted molar refractivity (Wildman–Crippen MR) is 55.9 cm³/mol. The van der Waals surface area contributed by atoms with Crippen molar-refractivity contribution < 1.29 is 23.1 Å². The van der Waals surface area contributed by atoms with Crippen molar-refractivity contribution >= 4 is 21.7 Å². The van der Waals surface area contributed by atoms with Gasteiger partial charge in [0.05, 0.1) is 28.1 Å². The van der Waals surface area contributed by atoms with E-state index in [-0.39, 0.29) is 10.9 Å². The van der Waals surface area contributed by atoms with Crippen LogP contribution in [0.15, 0.2) is 12.1 Å². The van der Waals surface area contributed by atoms with Gasteiger partial charge >= 0.3 is 6.18 Å². The fourth-order valence-corrected chi connectivity index (χ4v) is 1.56. The molecular formula is C10H5BrF3NO2. The number of Topliss-reactive ketones (excluding diaryl/α,β-unsaturated/α-hetero) is 1. The molecule has 0 fully saturated rings. The number of phenolic OH excluding ortho intramolecular Hbond substituents is 1. The third kappa shape index (κ3) is 2.77. The summed E-state index contributed by atoms with van der Waals surface area (Å²) in [6.45, 7) is 0. The summed E-state index contributed by atoms with van der Waals surface area (Å²) in [5.41, 5.74) is -2.49. The Bertz CT molecular complexity index is 505. The van der Waals surface area contributed by atoms with Crippen LogP contribution in [0.1, 0.15) is 21.5 Å². The van der Waals surface area contributed by atoms with Crippen LogP contribution in [0.25, 0.3) is 0 Å². The minimum absolute atomic E-state index is 0.352. The highest BCUT2D eigenvalue weighted by Crippen LogP contribution is 2.37. The largest absolute Gasteiger partial charge is 0.507 e. The van der Waals surface area contributed by atoms with E-state index in [4.69, 9.17) is 5.26 Å². The first-order valence-corrected chi connectivity index (χ1v) is 5.37. The number of aromatic hydroxyl groups is 1.